The largest absolute Gasteiger partial charge is 0.490 e. The van der Waals surface area contributed by atoms with Crippen LogP contribution in [0.3, 0.4) is 0 Å². The zero-order chi connectivity index (χ0) is 15.0. The summed E-state index contributed by atoms with van der Waals surface area (Å²) in [4.78, 5) is 0. The maximum atomic E-state index is 13.9. The third-order valence-electron chi connectivity index (χ3n) is 3.60. The van der Waals surface area contributed by atoms with Crippen LogP contribution in [0.25, 0.3) is 0 Å². The molecule has 0 aromatic heterocycles. The Morgan fingerprint density at radius 1 is 1.30 bits per heavy atom. The molecule has 114 valence electrons. The van der Waals surface area contributed by atoms with Crippen LogP contribution in [0.2, 0.25) is 0 Å². The van der Waals surface area contributed by atoms with E-state index in [1.54, 1.807) is 6.07 Å². The van der Waals surface area contributed by atoms with Gasteiger partial charge in [0, 0.05) is 6.04 Å². The molecule has 0 aliphatic carbocycles. The second kappa shape index (κ2) is 8.96. The number of para-hydroxylation sites is 1. The summed E-state index contributed by atoms with van der Waals surface area (Å²) in [5, 5.41) is 0. The first-order valence-electron chi connectivity index (χ1n) is 7.74. The van der Waals surface area contributed by atoms with E-state index in [1.165, 1.54) is 18.9 Å². The molecule has 0 amide bonds. The summed E-state index contributed by atoms with van der Waals surface area (Å²) in [6, 6.07) is 5.07. The molecule has 1 rings (SSSR count). The Morgan fingerprint density at radius 3 is 2.65 bits per heavy atom. The van der Waals surface area contributed by atoms with Crippen molar-refractivity contribution in [2.75, 3.05) is 6.61 Å². The predicted octanol–water partition coefficient (Wildman–Crippen LogP) is 4.31. The Kier molecular flexibility index (Phi) is 7.60. The van der Waals surface area contributed by atoms with E-state index in [2.05, 4.69) is 13.8 Å². The van der Waals surface area contributed by atoms with E-state index in [0.717, 1.165) is 18.4 Å². The molecule has 2 atom stereocenters. The quantitative estimate of drug-likeness (QED) is 0.732. The number of ether oxygens (including phenoxy) is 1. The lowest BCUT2D eigenvalue weighted by Crippen LogP contribution is -2.19. The highest BCUT2D eigenvalue weighted by molar-refractivity contribution is 5.35. The summed E-state index contributed by atoms with van der Waals surface area (Å²) in [6.45, 7) is 6.85. The van der Waals surface area contributed by atoms with Crippen LogP contribution in [0.15, 0.2) is 18.2 Å². The van der Waals surface area contributed by atoms with Crippen molar-refractivity contribution in [3.8, 4) is 5.75 Å². The normalized spacial score (nSPS) is 14.1. The molecule has 0 heterocycles. The summed E-state index contributed by atoms with van der Waals surface area (Å²) < 4.78 is 19.7. The van der Waals surface area contributed by atoms with E-state index in [0.29, 0.717) is 24.7 Å². The van der Waals surface area contributed by atoms with Gasteiger partial charge in [0.15, 0.2) is 11.6 Å². The van der Waals surface area contributed by atoms with Gasteiger partial charge < -0.3 is 10.5 Å². The minimum Gasteiger partial charge on any atom is -0.490 e. The molecular weight excluding hydrogens is 253 g/mol. The minimum absolute atomic E-state index is 0.00112. The average molecular weight is 281 g/mol. The molecule has 2 nitrogen and oxygen atoms in total. The van der Waals surface area contributed by atoms with Gasteiger partial charge in [0.1, 0.15) is 0 Å². The molecule has 0 saturated carbocycles. The van der Waals surface area contributed by atoms with E-state index in [-0.39, 0.29) is 11.9 Å². The van der Waals surface area contributed by atoms with Gasteiger partial charge in [-0.1, -0.05) is 45.2 Å². The van der Waals surface area contributed by atoms with Gasteiger partial charge in [0.2, 0.25) is 0 Å². The third kappa shape index (κ3) is 5.49. The highest BCUT2D eigenvalue weighted by Gasteiger charge is 2.14. The second-order valence-electron chi connectivity index (χ2n) is 5.64. The Hall–Kier alpha value is -1.09. The first-order valence-corrected chi connectivity index (χ1v) is 7.74. The van der Waals surface area contributed by atoms with Crippen LogP contribution >= 0.6 is 0 Å². The van der Waals surface area contributed by atoms with Crippen LogP contribution in [0, 0.1) is 11.7 Å². The predicted molar refractivity (Wildman–Crippen MR) is 82.6 cm³/mol. The number of hydrogen-bond acceptors (Lipinski definition) is 2. The molecule has 2 N–H and O–H groups in total. The molecule has 1 aromatic rings. The van der Waals surface area contributed by atoms with Crippen molar-refractivity contribution in [3.63, 3.8) is 0 Å². The van der Waals surface area contributed by atoms with E-state index < -0.39 is 0 Å². The SMILES string of the molecule is CCCCC(CC)COc1c(F)cccc1CC(C)N. The number of halogens is 1. The van der Waals surface area contributed by atoms with Crippen molar-refractivity contribution in [2.24, 2.45) is 11.7 Å². The van der Waals surface area contributed by atoms with Gasteiger partial charge in [0.25, 0.3) is 0 Å². The summed E-state index contributed by atoms with van der Waals surface area (Å²) in [5.41, 5.74) is 6.68. The van der Waals surface area contributed by atoms with Gasteiger partial charge in [-0.25, -0.2) is 4.39 Å². The molecular formula is C17H28FNO. The summed E-state index contributed by atoms with van der Waals surface area (Å²) in [5.74, 6) is 0.603. The second-order valence-corrected chi connectivity index (χ2v) is 5.64. The van der Waals surface area contributed by atoms with E-state index in [4.69, 9.17) is 10.5 Å². The Balaban J connectivity index is 2.70. The lowest BCUT2D eigenvalue weighted by Gasteiger charge is -2.18. The third-order valence-corrected chi connectivity index (χ3v) is 3.60. The van der Waals surface area contributed by atoms with Gasteiger partial charge in [-0.2, -0.15) is 0 Å². The van der Waals surface area contributed by atoms with E-state index in [1.807, 2.05) is 13.0 Å². The lowest BCUT2D eigenvalue weighted by molar-refractivity contribution is 0.222. The van der Waals surface area contributed by atoms with Crippen molar-refractivity contribution in [3.05, 3.63) is 29.6 Å². The average Bonchev–Trinajstić information content (AvgIpc) is 2.40. The number of benzene rings is 1. The maximum absolute atomic E-state index is 13.9. The summed E-state index contributed by atoms with van der Waals surface area (Å²) in [7, 11) is 0. The van der Waals surface area contributed by atoms with Gasteiger partial charge in [-0.15, -0.1) is 0 Å². The first kappa shape index (κ1) is 17.0. The van der Waals surface area contributed by atoms with E-state index in [9.17, 15) is 4.39 Å². The van der Waals surface area contributed by atoms with Crippen LogP contribution in [0.1, 0.15) is 52.0 Å². The van der Waals surface area contributed by atoms with Crippen molar-refractivity contribution >= 4 is 0 Å². The van der Waals surface area contributed by atoms with E-state index >= 15 is 0 Å². The van der Waals surface area contributed by atoms with Crippen LogP contribution in [-0.4, -0.2) is 12.6 Å². The molecule has 20 heavy (non-hydrogen) atoms. The molecule has 0 bridgehead atoms. The monoisotopic (exact) mass is 281 g/mol. The lowest BCUT2D eigenvalue weighted by atomic mass is 10.0. The van der Waals surface area contributed by atoms with Gasteiger partial charge in [0.05, 0.1) is 6.61 Å². The van der Waals surface area contributed by atoms with Crippen LogP contribution in [0.5, 0.6) is 5.75 Å². The van der Waals surface area contributed by atoms with Crippen LogP contribution in [0.4, 0.5) is 4.39 Å². The molecule has 2 unspecified atom stereocenters. The minimum atomic E-state index is -0.284. The maximum Gasteiger partial charge on any atom is 0.165 e. The fraction of sp³-hybridized carbons (Fsp3) is 0.647. The molecule has 1 aromatic carbocycles. The molecule has 0 saturated heterocycles. The Morgan fingerprint density at radius 2 is 2.05 bits per heavy atom. The molecule has 0 radical (unpaired) electrons. The molecule has 0 spiro atoms. The fourth-order valence-corrected chi connectivity index (χ4v) is 2.32. The van der Waals surface area contributed by atoms with Crippen molar-refractivity contribution in [1.82, 2.24) is 0 Å². The van der Waals surface area contributed by atoms with Crippen molar-refractivity contribution in [2.45, 2.75) is 58.9 Å². The Bertz CT molecular complexity index is 393. The van der Waals surface area contributed by atoms with Crippen LogP contribution < -0.4 is 10.5 Å². The first-order chi connectivity index (χ1) is 9.58. The smallest absolute Gasteiger partial charge is 0.165 e. The van der Waals surface area contributed by atoms with Gasteiger partial charge in [-0.05, 0) is 37.3 Å². The molecule has 0 aliphatic heterocycles. The van der Waals surface area contributed by atoms with Crippen LogP contribution in [-0.2, 0) is 6.42 Å². The topological polar surface area (TPSA) is 35.2 Å². The Labute approximate surface area is 122 Å². The molecule has 0 aliphatic rings. The van der Waals surface area contributed by atoms with Gasteiger partial charge in [-0.3, -0.25) is 0 Å². The zero-order valence-electron chi connectivity index (χ0n) is 13.0. The van der Waals surface area contributed by atoms with Crippen molar-refractivity contribution in [1.29, 1.82) is 0 Å². The number of nitrogens with two attached hydrogens (primary N) is 1. The highest BCUT2D eigenvalue weighted by atomic mass is 19.1. The highest BCUT2D eigenvalue weighted by Crippen LogP contribution is 2.25. The number of rotatable bonds is 9. The molecule has 0 fully saturated rings. The fourth-order valence-electron chi connectivity index (χ4n) is 2.32. The van der Waals surface area contributed by atoms with Crippen molar-refractivity contribution < 1.29 is 9.13 Å². The zero-order valence-corrected chi connectivity index (χ0v) is 13.0. The summed E-state index contributed by atoms with van der Waals surface area (Å²) in [6.07, 6.45) is 5.23. The van der Waals surface area contributed by atoms with Gasteiger partial charge >= 0.3 is 0 Å². The number of unbranched alkanes of at least 4 members (excludes halogenated alkanes) is 1. The summed E-state index contributed by atoms with van der Waals surface area (Å²) >= 11 is 0. The molecule has 3 heteroatoms. The number of hydrogen-bond donors (Lipinski definition) is 1. The standard InChI is InChI=1S/C17H28FNO/c1-4-6-8-14(5-2)12-20-17-15(11-13(3)19)9-7-10-16(17)18/h7,9-10,13-14H,4-6,8,11-12,19H2,1-3H3.